The summed E-state index contributed by atoms with van der Waals surface area (Å²) in [4.78, 5) is 19.7. The Labute approximate surface area is 138 Å². The third-order valence-corrected chi connectivity index (χ3v) is 3.89. The van der Waals surface area contributed by atoms with Crippen molar-refractivity contribution in [3.05, 3.63) is 73.3 Å². The molecule has 0 aliphatic carbocycles. The van der Waals surface area contributed by atoms with Crippen molar-refractivity contribution in [2.75, 3.05) is 0 Å². The number of aromatic nitrogens is 2. The summed E-state index contributed by atoms with van der Waals surface area (Å²) in [7, 11) is 0. The number of nitrogens with one attached hydrogen (secondary N) is 1. The number of carbonyl (C=O) groups is 1. The van der Waals surface area contributed by atoms with Gasteiger partial charge in [0.15, 0.2) is 0 Å². The summed E-state index contributed by atoms with van der Waals surface area (Å²) in [5, 5.41) is 2.01. The van der Waals surface area contributed by atoms with Gasteiger partial charge in [0.25, 0.3) is 0 Å². The first-order chi connectivity index (χ1) is 11.8. The molecule has 24 heavy (non-hydrogen) atoms. The highest BCUT2D eigenvalue weighted by molar-refractivity contribution is 6.00. The summed E-state index contributed by atoms with van der Waals surface area (Å²) < 4.78 is 5.44. The first kappa shape index (κ1) is 14.2. The average Bonchev–Trinajstić information content (AvgIpc) is 3.05. The largest absolute Gasteiger partial charge is 0.423 e. The van der Waals surface area contributed by atoms with E-state index in [1.54, 1.807) is 6.07 Å². The molecule has 4 heteroatoms. The summed E-state index contributed by atoms with van der Waals surface area (Å²) in [6, 6.07) is 19.4. The second-order valence-electron chi connectivity index (χ2n) is 5.39. The van der Waals surface area contributed by atoms with Gasteiger partial charge < -0.3 is 9.72 Å². The Balaban J connectivity index is 2.01. The predicted molar refractivity (Wildman–Crippen MR) is 94.9 cm³/mol. The minimum atomic E-state index is -0.498. The van der Waals surface area contributed by atoms with E-state index in [2.05, 4.69) is 16.5 Å². The summed E-state index contributed by atoms with van der Waals surface area (Å²) in [5.41, 5.74) is 2.56. The Kier molecular flexibility index (Phi) is 3.35. The molecule has 0 spiro atoms. The fraction of sp³-hybridized carbons (Fsp3) is 0. The van der Waals surface area contributed by atoms with Crippen molar-refractivity contribution in [1.82, 2.24) is 9.97 Å². The van der Waals surface area contributed by atoms with Crippen molar-refractivity contribution in [2.45, 2.75) is 0 Å². The lowest BCUT2D eigenvalue weighted by atomic mass is 10.0. The van der Waals surface area contributed by atoms with Gasteiger partial charge in [0.05, 0.1) is 16.6 Å². The van der Waals surface area contributed by atoms with Crippen molar-refractivity contribution >= 4 is 27.8 Å². The molecule has 0 amide bonds. The first-order valence-corrected chi connectivity index (χ1v) is 7.57. The maximum Gasteiger partial charge on any atom is 0.335 e. The number of fused-ring (bicyclic) bond motifs is 2. The fourth-order valence-corrected chi connectivity index (χ4v) is 2.80. The Bertz CT molecular complexity index is 1050. The topological polar surface area (TPSA) is 55.0 Å². The van der Waals surface area contributed by atoms with Gasteiger partial charge in [-0.15, -0.1) is 0 Å². The van der Waals surface area contributed by atoms with Crippen LogP contribution in [0.5, 0.6) is 5.75 Å². The molecule has 4 nitrogen and oxygen atoms in total. The zero-order valence-corrected chi connectivity index (χ0v) is 12.8. The van der Waals surface area contributed by atoms with Crippen LogP contribution in [-0.2, 0) is 4.79 Å². The van der Waals surface area contributed by atoms with Crippen molar-refractivity contribution in [2.24, 2.45) is 0 Å². The van der Waals surface area contributed by atoms with Crippen LogP contribution in [0.2, 0.25) is 0 Å². The Morgan fingerprint density at radius 2 is 1.83 bits per heavy atom. The van der Waals surface area contributed by atoms with E-state index in [4.69, 9.17) is 4.74 Å². The number of ether oxygens (including phenoxy) is 1. The zero-order chi connectivity index (χ0) is 16.5. The molecule has 116 valence electrons. The van der Waals surface area contributed by atoms with Crippen LogP contribution in [0.25, 0.3) is 33.2 Å². The number of hydrogen-bond acceptors (Lipinski definition) is 3. The number of benzene rings is 3. The average molecular weight is 314 g/mol. The first-order valence-electron chi connectivity index (χ1n) is 7.57. The van der Waals surface area contributed by atoms with Crippen LogP contribution < -0.4 is 4.74 Å². The van der Waals surface area contributed by atoms with Crippen molar-refractivity contribution in [3.8, 4) is 17.1 Å². The number of imidazole rings is 1. The van der Waals surface area contributed by atoms with Gasteiger partial charge in [-0.3, -0.25) is 0 Å². The van der Waals surface area contributed by atoms with E-state index in [0.29, 0.717) is 11.6 Å². The van der Waals surface area contributed by atoms with Crippen molar-refractivity contribution in [3.63, 3.8) is 0 Å². The predicted octanol–water partition coefficient (Wildman–Crippen LogP) is 4.47. The SMILES string of the molecule is C=CC(=O)Oc1ccc2ccccc2c1-c1nc2ccccc2[nH]1. The maximum atomic E-state index is 11.7. The third-order valence-electron chi connectivity index (χ3n) is 3.89. The van der Waals surface area contributed by atoms with Crippen LogP contribution in [0.4, 0.5) is 0 Å². The quantitative estimate of drug-likeness (QED) is 0.345. The van der Waals surface area contributed by atoms with Gasteiger partial charge >= 0.3 is 5.97 Å². The molecule has 0 aliphatic heterocycles. The van der Waals surface area contributed by atoms with Gasteiger partial charge in [0.2, 0.25) is 0 Å². The molecule has 0 bridgehead atoms. The monoisotopic (exact) mass is 314 g/mol. The van der Waals surface area contributed by atoms with Crippen LogP contribution in [0.1, 0.15) is 0 Å². The standard InChI is InChI=1S/C20H14N2O2/c1-2-18(23)24-17-12-11-13-7-3-4-8-14(13)19(17)20-21-15-9-5-6-10-16(15)22-20/h2-12H,1H2,(H,21,22). The smallest absolute Gasteiger partial charge is 0.335 e. The van der Waals surface area contributed by atoms with E-state index < -0.39 is 5.97 Å². The summed E-state index contributed by atoms with van der Waals surface area (Å²) in [5.74, 6) is 0.625. The molecule has 0 saturated carbocycles. The highest BCUT2D eigenvalue weighted by Crippen LogP contribution is 2.36. The molecule has 0 fully saturated rings. The number of nitrogens with zero attached hydrogens (tertiary/aromatic N) is 1. The van der Waals surface area contributed by atoms with Gasteiger partial charge in [-0.2, -0.15) is 0 Å². The van der Waals surface area contributed by atoms with E-state index >= 15 is 0 Å². The summed E-state index contributed by atoms with van der Waals surface area (Å²) >= 11 is 0. The number of H-pyrrole nitrogens is 1. The number of rotatable bonds is 3. The molecular weight excluding hydrogens is 300 g/mol. The molecule has 4 aromatic rings. The lowest BCUT2D eigenvalue weighted by Gasteiger charge is -2.10. The van der Waals surface area contributed by atoms with Crippen LogP contribution in [0, 0.1) is 0 Å². The van der Waals surface area contributed by atoms with Crippen molar-refractivity contribution < 1.29 is 9.53 Å². The van der Waals surface area contributed by atoms with Gasteiger partial charge in [-0.05, 0) is 29.0 Å². The third kappa shape index (κ3) is 2.34. The summed E-state index contributed by atoms with van der Waals surface area (Å²) in [6.45, 7) is 3.46. The highest BCUT2D eigenvalue weighted by atomic mass is 16.5. The Morgan fingerprint density at radius 3 is 2.67 bits per heavy atom. The number of aromatic amines is 1. The van der Waals surface area contributed by atoms with Crippen molar-refractivity contribution in [1.29, 1.82) is 0 Å². The van der Waals surface area contributed by atoms with E-state index in [9.17, 15) is 4.79 Å². The molecule has 1 aromatic heterocycles. The zero-order valence-electron chi connectivity index (χ0n) is 12.8. The number of esters is 1. The van der Waals surface area contributed by atoms with Crippen LogP contribution >= 0.6 is 0 Å². The molecule has 0 saturated heterocycles. The van der Waals surface area contributed by atoms with Crippen LogP contribution in [-0.4, -0.2) is 15.9 Å². The molecular formula is C20H14N2O2. The molecule has 1 N–H and O–H groups in total. The van der Waals surface area contributed by atoms with E-state index in [1.807, 2.05) is 54.6 Å². The van der Waals surface area contributed by atoms with Gasteiger partial charge in [0, 0.05) is 6.08 Å². The molecule has 0 unspecified atom stereocenters. The molecule has 4 rings (SSSR count). The lowest BCUT2D eigenvalue weighted by molar-refractivity contribution is -0.128. The lowest BCUT2D eigenvalue weighted by Crippen LogP contribution is -2.04. The van der Waals surface area contributed by atoms with Gasteiger partial charge in [-0.1, -0.05) is 49.0 Å². The minimum Gasteiger partial charge on any atom is -0.423 e. The Morgan fingerprint density at radius 1 is 1.04 bits per heavy atom. The van der Waals surface area contributed by atoms with Crippen LogP contribution in [0.3, 0.4) is 0 Å². The maximum absolute atomic E-state index is 11.7. The number of carbonyl (C=O) groups excluding carboxylic acids is 1. The highest BCUT2D eigenvalue weighted by Gasteiger charge is 2.16. The summed E-state index contributed by atoms with van der Waals surface area (Å²) in [6.07, 6.45) is 1.15. The normalized spacial score (nSPS) is 10.8. The minimum absolute atomic E-state index is 0.456. The van der Waals surface area contributed by atoms with E-state index in [0.717, 1.165) is 33.4 Å². The molecule has 0 atom stereocenters. The second kappa shape index (κ2) is 5.66. The molecule has 3 aromatic carbocycles. The van der Waals surface area contributed by atoms with Gasteiger partial charge in [-0.25, -0.2) is 9.78 Å². The molecule has 1 heterocycles. The van der Waals surface area contributed by atoms with Gasteiger partial charge in [0.1, 0.15) is 11.6 Å². The molecule has 0 radical (unpaired) electrons. The Hall–Kier alpha value is -3.40. The fourth-order valence-electron chi connectivity index (χ4n) is 2.80. The van der Waals surface area contributed by atoms with E-state index in [-0.39, 0.29) is 0 Å². The van der Waals surface area contributed by atoms with E-state index in [1.165, 1.54) is 0 Å². The molecule has 0 aliphatic rings. The number of para-hydroxylation sites is 2. The number of hydrogen-bond donors (Lipinski definition) is 1. The van der Waals surface area contributed by atoms with Crippen LogP contribution in [0.15, 0.2) is 73.3 Å². The second-order valence-corrected chi connectivity index (χ2v) is 5.39.